The standard InChI is InChI=1S/C15H21N5/c1-3-20-15(12(2)17-18-20)11-19-10-6-8-14(19)13-7-4-5-9-16-13/h4-5,7,9,14H,3,6,8,10-11H2,1-2H3. The van der Waals surface area contributed by atoms with Gasteiger partial charge < -0.3 is 0 Å². The van der Waals surface area contributed by atoms with Crippen molar-refractivity contribution in [3.05, 3.63) is 41.5 Å². The molecular formula is C15H21N5. The molecule has 1 saturated heterocycles. The summed E-state index contributed by atoms with van der Waals surface area (Å²) < 4.78 is 2.00. The fourth-order valence-corrected chi connectivity index (χ4v) is 2.99. The van der Waals surface area contributed by atoms with Crippen LogP contribution in [-0.2, 0) is 13.1 Å². The van der Waals surface area contributed by atoms with E-state index in [4.69, 9.17) is 0 Å². The van der Waals surface area contributed by atoms with Crippen LogP contribution < -0.4 is 0 Å². The topological polar surface area (TPSA) is 46.8 Å². The number of rotatable bonds is 4. The molecule has 20 heavy (non-hydrogen) atoms. The summed E-state index contributed by atoms with van der Waals surface area (Å²) in [5.41, 5.74) is 3.45. The molecule has 0 saturated carbocycles. The molecule has 0 aliphatic carbocycles. The van der Waals surface area contributed by atoms with Crippen molar-refractivity contribution in [3.8, 4) is 0 Å². The quantitative estimate of drug-likeness (QED) is 0.856. The Labute approximate surface area is 119 Å². The van der Waals surface area contributed by atoms with E-state index in [0.29, 0.717) is 6.04 Å². The minimum Gasteiger partial charge on any atom is -0.289 e. The van der Waals surface area contributed by atoms with E-state index in [1.807, 2.05) is 23.9 Å². The Hall–Kier alpha value is -1.75. The highest BCUT2D eigenvalue weighted by Crippen LogP contribution is 2.32. The Kier molecular flexibility index (Phi) is 3.78. The molecule has 0 bridgehead atoms. The first-order valence-corrected chi connectivity index (χ1v) is 7.33. The molecule has 3 rings (SSSR count). The van der Waals surface area contributed by atoms with E-state index in [1.165, 1.54) is 24.2 Å². The maximum atomic E-state index is 4.53. The van der Waals surface area contributed by atoms with Crippen molar-refractivity contribution in [1.82, 2.24) is 24.9 Å². The number of aromatic nitrogens is 4. The second-order valence-electron chi connectivity index (χ2n) is 5.32. The fourth-order valence-electron chi connectivity index (χ4n) is 2.99. The van der Waals surface area contributed by atoms with Crippen molar-refractivity contribution in [2.75, 3.05) is 6.54 Å². The van der Waals surface area contributed by atoms with Crippen LogP contribution in [0.15, 0.2) is 24.4 Å². The summed E-state index contributed by atoms with van der Waals surface area (Å²) >= 11 is 0. The molecule has 0 amide bonds. The first-order valence-electron chi connectivity index (χ1n) is 7.33. The predicted molar refractivity (Wildman–Crippen MR) is 77.1 cm³/mol. The number of aryl methyl sites for hydroxylation is 2. The van der Waals surface area contributed by atoms with Gasteiger partial charge in [-0.05, 0) is 45.4 Å². The lowest BCUT2D eigenvalue weighted by atomic mass is 10.1. The summed E-state index contributed by atoms with van der Waals surface area (Å²) in [7, 11) is 0. The van der Waals surface area contributed by atoms with Crippen LogP contribution in [0.5, 0.6) is 0 Å². The lowest BCUT2D eigenvalue weighted by Gasteiger charge is -2.24. The molecule has 5 nitrogen and oxygen atoms in total. The zero-order valence-electron chi connectivity index (χ0n) is 12.2. The SMILES string of the molecule is CCn1nnc(C)c1CN1CCCC1c1ccccn1. The van der Waals surface area contributed by atoms with Gasteiger partial charge in [0.25, 0.3) is 0 Å². The zero-order chi connectivity index (χ0) is 13.9. The molecule has 0 radical (unpaired) electrons. The van der Waals surface area contributed by atoms with Gasteiger partial charge in [-0.15, -0.1) is 5.10 Å². The molecule has 0 aromatic carbocycles. The predicted octanol–water partition coefficient (Wildman–Crippen LogP) is 2.34. The average molecular weight is 271 g/mol. The lowest BCUT2D eigenvalue weighted by molar-refractivity contribution is 0.236. The second kappa shape index (κ2) is 5.71. The Morgan fingerprint density at radius 1 is 1.35 bits per heavy atom. The smallest absolute Gasteiger partial charge is 0.0841 e. The van der Waals surface area contributed by atoms with Gasteiger partial charge >= 0.3 is 0 Å². The molecule has 3 heterocycles. The van der Waals surface area contributed by atoms with Gasteiger partial charge in [0.1, 0.15) is 0 Å². The van der Waals surface area contributed by atoms with E-state index >= 15 is 0 Å². The number of pyridine rings is 1. The average Bonchev–Trinajstić information content (AvgIpc) is 3.08. The van der Waals surface area contributed by atoms with Crippen LogP contribution >= 0.6 is 0 Å². The number of nitrogens with zero attached hydrogens (tertiary/aromatic N) is 5. The van der Waals surface area contributed by atoms with Crippen molar-refractivity contribution < 1.29 is 0 Å². The van der Waals surface area contributed by atoms with Crippen molar-refractivity contribution in [2.24, 2.45) is 0 Å². The Morgan fingerprint density at radius 2 is 2.25 bits per heavy atom. The summed E-state index contributed by atoms with van der Waals surface area (Å²) in [6, 6.07) is 6.60. The molecule has 5 heteroatoms. The summed E-state index contributed by atoms with van der Waals surface area (Å²) in [6.45, 7) is 7.06. The highest BCUT2D eigenvalue weighted by atomic mass is 15.4. The first kappa shape index (κ1) is 13.2. The molecule has 2 aromatic rings. The molecule has 1 aliphatic rings. The Balaban J connectivity index is 1.81. The molecule has 2 aromatic heterocycles. The first-order chi connectivity index (χ1) is 9.79. The van der Waals surface area contributed by atoms with Gasteiger partial charge in [-0.3, -0.25) is 9.88 Å². The molecule has 1 aliphatic heterocycles. The van der Waals surface area contributed by atoms with Gasteiger partial charge in [-0.25, -0.2) is 4.68 Å². The largest absolute Gasteiger partial charge is 0.289 e. The van der Waals surface area contributed by atoms with Crippen molar-refractivity contribution in [3.63, 3.8) is 0 Å². The monoisotopic (exact) mass is 271 g/mol. The molecule has 0 N–H and O–H groups in total. The van der Waals surface area contributed by atoms with Crippen LogP contribution in [0.3, 0.4) is 0 Å². The van der Waals surface area contributed by atoms with Crippen LogP contribution in [0.25, 0.3) is 0 Å². The normalized spacial score (nSPS) is 19.6. The fraction of sp³-hybridized carbons (Fsp3) is 0.533. The highest BCUT2D eigenvalue weighted by molar-refractivity contribution is 5.13. The molecule has 106 valence electrons. The Morgan fingerprint density at radius 3 is 3.00 bits per heavy atom. The van der Waals surface area contributed by atoms with E-state index < -0.39 is 0 Å². The van der Waals surface area contributed by atoms with E-state index in [9.17, 15) is 0 Å². The number of hydrogen-bond acceptors (Lipinski definition) is 4. The summed E-state index contributed by atoms with van der Waals surface area (Å²) in [4.78, 5) is 7.03. The van der Waals surface area contributed by atoms with Gasteiger partial charge in [0.15, 0.2) is 0 Å². The van der Waals surface area contributed by atoms with Crippen molar-refractivity contribution in [1.29, 1.82) is 0 Å². The van der Waals surface area contributed by atoms with Gasteiger partial charge in [0, 0.05) is 19.3 Å². The van der Waals surface area contributed by atoms with Gasteiger partial charge in [0.05, 0.1) is 23.1 Å². The van der Waals surface area contributed by atoms with Crippen LogP contribution in [0.4, 0.5) is 0 Å². The maximum Gasteiger partial charge on any atom is 0.0841 e. The zero-order valence-corrected chi connectivity index (χ0v) is 12.2. The number of likely N-dealkylation sites (tertiary alicyclic amines) is 1. The minimum atomic E-state index is 0.427. The van der Waals surface area contributed by atoms with E-state index in [1.54, 1.807) is 0 Å². The molecule has 1 unspecified atom stereocenters. The van der Waals surface area contributed by atoms with E-state index in [2.05, 4.69) is 39.3 Å². The highest BCUT2D eigenvalue weighted by Gasteiger charge is 2.28. The summed E-state index contributed by atoms with van der Waals surface area (Å²) in [5, 5.41) is 8.40. The third-order valence-corrected chi connectivity index (χ3v) is 4.08. The van der Waals surface area contributed by atoms with Crippen molar-refractivity contribution in [2.45, 2.75) is 45.8 Å². The van der Waals surface area contributed by atoms with Crippen LogP contribution in [-0.4, -0.2) is 31.4 Å². The van der Waals surface area contributed by atoms with Crippen LogP contribution in [0.2, 0.25) is 0 Å². The van der Waals surface area contributed by atoms with Gasteiger partial charge in [-0.2, -0.15) is 0 Å². The Bertz CT molecular complexity index is 563. The number of hydrogen-bond donors (Lipinski definition) is 0. The lowest BCUT2D eigenvalue weighted by Crippen LogP contribution is -2.25. The summed E-state index contributed by atoms with van der Waals surface area (Å²) in [5.74, 6) is 0. The minimum absolute atomic E-state index is 0.427. The van der Waals surface area contributed by atoms with Crippen LogP contribution in [0, 0.1) is 6.92 Å². The third kappa shape index (κ3) is 2.45. The second-order valence-corrected chi connectivity index (χ2v) is 5.32. The van der Waals surface area contributed by atoms with E-state index in [0.717, 1.165) is 25.3 Å². The van der Waals surface area contributed by atoms with Gasteiger partial charge in [-0.1, -0.05) is 11.3 Å². The molecular weight excluding hydrogens is 250 g/mol. The van der Waals surface area contributed by atoms with Crippen LogP contribution in [0.1, 0.15) is 42.9 Å². The third-order valence-electron chi connectivity index (χ3n) is 4.08. The maximum absolute atomic E-state index is 4.53. The summed E-state index contributed by atoms with van der Waals surface area (Å²) in [6.07, 6.45) is 4.30. The molecule has 1 fully saturated rings. The van der Waals surface area contributed by atoms with Crippen molar-refractivity contribution >= 4 is 0 Å². The van der Waals surface area contributed by atoms with E-state index in [-0.39, 0.29) is 0 Å². The van der Waals surface area contributed by atoms with Gasteiger partial charge in [0.2, 0.25) is 0 Å². The molecule has 0 spiro atoms. The molecule has 1 atom stereocenters.